The first-order valence-corrected chi connectivity index (χ1v) is 9.28. The quantitative estimate of drug-likeness (QED) is 0.857. The third-order valence-electron chi connectivity index (χ3n) is 4.78. The lowest BCUT2D eigenvalue weighted by Crippen LogP contribution is -2.39. The normalized spacial score (nSPS) is 18.1. The highest BCUT2D eigenvalue weighted by atomic mass is 16.6. The number of amides is 2. The Morgan fingerprint density at radius 1 is 1.18 bits per heavy atom. The van der Waals surface area contributed by atoms with Gasteiger partial charge >= 0.3 is 0 Å². The number of hydrogen-bond acceptors (Lipinski definition) is 5. The summed E-state index contributed by atoms with van der Waals surface area (Å²) in [7, 11) is 0. The summed E-state index contributed by atoms with van der Waals surface area (Å²) in [5.74, 6) is 1.71. The average molecular weight is 382 g/mol. The molecule has 2 heterocycles. The number of ether oxygens (including phenoxy) is 3. The molecular formula is C21H22N2O5. The summed E-state index contributed by atoms with van der Waals surface area (Å²) in [6, 6.07) is 12.7. The highest BCUT2D eigenvalue weighted by Gasteiger charge is 2.32. The number of nitrogens with one attached hydrogen (secondary N) is 1. The van der Waals surface area contributed by atoms with Crippen LogP contribution in [0.5, 0.6) is 17.2 Å². The molecule has 0 bridgehead atoms. The topological polar surface area (TPSA) is 77.1 Å². The van der Waals surface area contributed by atoms with E-state index < -0.39 is 0 Å². The van der Waals surface area contributed by atoms with E-state index in [0.29, 0.717) is 37.0 Å². The van der Waals surface area contributed by atoms with Crippen LogP contribution in [0.2, 0.25) is 0 Å². The molecule has 28 heavy (non-hydrogen) atoms. The van der Waals surface area contributed by atoms with Crippen LogP contribution >= 0.6 is 0 Å². The Labute approximate surface area is 163 Å². The summed E-state index contributed by atoms with van der Waals surface area (Å²) in [5, 5.41) is 2.88. The minimum Gasteiger partial charge on any atom is -0.486 e. The predicted octanol–water partition coefficient (Wildman–Crippen LogP) is 2.07. The molecule has 2 aliphatic heterocycles. The largest absolute Gasteiger partial charge is 0.486 e. The average Bonchev–Trinajstić information content (AvgIpc) is 3.07. The third kappa shape index (κ3) is 3.88. The first kappa shape index (κ1) is 18.2. The Balaban J connectivity index is 1.34. The first-order valence-electron chi connectivity index (χ1n) is 9.28. The molecule has 2 aromatic carbocycles. The molecule has 1 fully saturated rings. The maximum Gasteiger partial charge on any atom is 0.258 e. The molecule has 0 aliphatic carbocycles. The molecule has 7 nitrogen and oxygen atoms in total. The number of rotatable bonds is 5. The van der Waals surface area contributed by atoms with Crippen molar-refractivity contribution < 1.29 is 23.8 Å². The number of aryl methyl sites for hydroxylation is 1. The number of hydrogen-bond donors (Lipinski definition) is 1. The fourth-order valence-corrected chi connectivity index (χ4v) is 3.38. The van der Waals surface area contributed by atoms with Gasteiger partial charge in [-0.05, 0) is 30.7 Å². The molecule has 1 N–H and O–H groups in total. The van der Waals surface area contributed by atoms with Gasteiger partial charge in [-0.2, -0.15) is 0 Å². The number of benzene rings is 2. The van der Waals surface area contributed by atoms with E-state index in [1.54, 1.807) is 17.0 Å². The van der Waals surface area contributed by atoms with Crippen molar-refractivity contribution >= 4 is 17.5 Å². The highest BCUT2D eigenvalue weighted by Crippen LogP contribution is 2.35. The maximum absolute atomic E-state index is 12.4. The summed E-state index contributed by atoms with van der Waals surface area (Å²) in [6.45, 7) is 3.26. The van der Waals surface area contributed by atoms with Crippen LogP contribution in [0.1, 0.15) is 12.0 Å². The Hall–Kier alpha value is -3.22. The van der Waals surface area contributed by atoms with Gasteiger partial charge in [0.15, 0.2) is 18.1 Å². The molecule has 2 amide bonds. The number of anilines is 1. The summed E-state index contributed by atoms with van der Waals surface area (Å²) in [5.41, 5.74) is 1.71. The second kappa shape index (κ2) is 7.80. The zero-order valence-electron chi connectivity index (χ0n) is 15.6. The van der Waals surface area contributed by atoms with Crippen molar-refractivity contribution in [1.82, 2.24) is 5.32 Å². The van der Waals surface area contributed by atoms with Crippen LogP contribution in [-0.4, -0.2) is 44.2 Å². The zero-order chi connectivity index (χ0) is 19.5. The van der Waals surface area contributed by atoms with Gasteiger partial charge in [0, 0.05) is 24.7 Å². The minimum absolute atomic E-state index is 0.0400. The molecule has 146 valence electrons. The van der Waals surface area contributed by atoms with Crippen LogP contribution in [0, 0.1) is 6.92 Å². The van der Waals surface area contributed by atoms with Gasteiger partial charge in [0.05, 0.1) is 6.04 Å². The standard InChI is InChI=1S/C21H22N2O5/c1-14-4-2-3-5-17(14)28-13-20(24)22-15-10-21(25)23(12-15)16-6-7-18-19(11-16)27-9-8-26-18/h2-7,11,15H,8-10,12-13H2,1H3,(H,22,24)/t15-/m0/s1. The SMILES string of the molecule is Cc1ccccc1OCC(=O)N[C@H]1CC(=O)N(c2ccc3c(c2)OCCO3)C1. The van der Waals surface area contributed by atoms with Gasteiger partial charge in [-0.3, -0.25) is 9.59 Å². The maximum atomic E-state index is 12.4. The molecule has 0 unspecified atom stereocenters. The lowest BCUT2D eigenvalue weighted by atomic mass is 10.2. The van der Waals surface area contributed by atoms with Gasteiger partial charge in [0.2, 0.25) is 5.91 Å². The minimum atomic E-state index is -0.256. The fraction of sp³-hybridized carbons (Fsp3) is 0.333. The van der Waals surface area contributed by atoms with Crippen molar-refractivity contribution in [2.75, 3.05) is 31.3 Å². The molecule has 0 radical (unpaired) electrons. The molecular weight excluding hydrogens is 360 g/mol. The van der Waals surface area contributed by atoms with Crippen LogP contribution in [0.3, 0.4) is 0 Å². The Morgan fingerprint density at radius 2 is 1.96 bits per heavy atom. The third-order valence-corrected chi connectivity index (χ3v) is 4.78. The van der Waals surface area contributed by atoms with E-state index in [2.05, 4.69) is 5.32 Å². The van der Waals surface area contributed by atoms with Crippen molar-refractivity contribution in [2.45, 2.75) is 19.4 Å². The Bertz CT molecular complexity index is 898. The van der Waals surface area contributed by atoms with Crippen molar-refractivity contribution in [2.24, 2.45) is 0 Å². The van der Waals surface area contributed by atoms with Gasteiger partial charge in [-0.15, -0.1) is 0 Å². The fourth-order valence-electron chi connectivity index (χ4n) is 3.38. The second-order valence-electron chi connectivity index (χ2n) is 6.86. The van der Waals surface area contributed by atoms with Gasteiger partial charge < -0.3 is 24.4 Å². The summed E-state index contributed by atoms with van der Waals surface area (Å²) in [4.78, 5) is 26.3. The number of carbonyl (C=O) groups is 2. The van der Waals surface area contributed by atoms with E-state index >= 15 is 0 Å². The number of para-hydroxylation sites is 1. The molecule has 1 atom stereocenters. The smallest absolute Gasteiger partial charge is 0.258 e. The van der Waals surface area contributed by atoms with Crippen LogP contribution < -0.4 is 24.4 Å². The molecule has 1 saturated heterocycles. The second-order valence-corrected chi connectivity index (χ2v) is 6.86. The number of nitrogens with zero attached hydrogens (tertiary/aromatic N) is 1. The van der Waals surface area contributed by atoms with Crippen LogP contribution in [0.4, 0.5) is 5.69 Å². The summed E-state index contributed by atoms with van der Waals surface area (Å²) >= 11 is 0. The molecule has 2 aliphatic rings. The van der Waals surface area contributed by atoms with E-state index in [4.69, 9.17) is 14.2 Å². The van der Waals surface area contributed by atoms with Crippen LogP contribution in [-0.2, 0) is 9.59 Å². The summed E-state index contributed by atoms with van der Waals surface area (Å²) in [6.07, 6.45) is 0.255. The van der Waals surface area contributed by atoms with E-state index in [0.717, 1.165) is 11.3 Å². The molecule has 4 rings (SSSR count). The van der Waals surface area contributed by atoms with Crippen LogP contribution in [0.25, 0.3) is 0 Å². The van der Waals surface area contributed by atoms with Crippen molar-refractivity contribution in [3.63, 3.8) is 0 Å². The zero-order valence-corrected chi connectivity index (χ0v) is 15.6. The van der Waals surface area contributed by atoms with Crippen molar-refractivity contribution in [1.29, 1.82) is 0 Å². The summed E-state index contributed by atoms with van der Waals surface area (Å²) < 4.78 is 16.7. The molecule has 0 aromatic heterocycles. The monoisotopic (exact) mass is 382 g/mol. The van der Waals surface area contributed by atoms with E-state index in [9.17, 15) is 9.59 Å². The van der Waals surface area contributed by atoms with Gasteiger partial charge in [-0.25, -0.2) is 0 Å². The molecule has 7 heteroatoms. The Kier molecular flexibility index (Phi) is 5.06. The number of fused-ring (bicyclic) bond motifs is 1. The van der Waals surface area contributed by atoms with Crippen molar-refractivity contribution in [3.8, 4) is 17.2 Å². The molecule has 0 saturated carbocycles. The molecule has 0 spiro atoms. The lowest BCUT2D eigenvalue weighted by Gasteiger charge is -2.22. The lowest BCUT2D eigenvalue weighted by molar-refractivity contribution is -0.123. The predicted molar refractivity (Wildman–Crippen MR) is 103 cm³/mol. The van der Waals surface area contributed by atoms with E-state index in [1.165, 1.54) is 0 Å². The Morgan fingerprint density at radius 3 is 2.79 bits per heavy atom. The van der Waals surface area contributed by atoms with Crippen LogP contribution in [0.15, 0.2) is 42.5 Å². The van der Waals surface area contributed by atoms with E-state index in [1.807, 2.05) is 37.3 Å². The van der Waals surface area contributed by atoms with Crippen molar-refractivity contribution in [3.05, 3.63) is 48.0 Å². The van der Waals surface area contributed by atoms with Gasteiger partial charge in [0.1, 0.15) is 19.0 Å². The number of carbonyl (C=O) groups excluding carboxylic acids is 2. The van der Waals surface area contributed by atoms with Gasteiger partial charge in [-0.1, -0.05) is 18.2 Å². The van der Waals surface area contributed by atoms with E-state index in [-0.39, 0.29) is 30.9 Å². The van der Waals surface area contributed by atoms with Gasteiger partial charge in [0.25, 0.3) is 5.91 Å². The molecule has 2 aromatic rings. The first-order chi connectivity index (χ1) is 13.6. The highest BCUT2D eigenvalue weighted by molar-refractivity contribution is 5.97.